The van der Waals surface area contributed by atoms with Gasteiger partial charge in [0.15, 0.2) is 5.15 Å². The lowest BCUT2D eigenvalue weighted by Gasteiger charge is -1.85. The molecule has 0 radical (unpaired) electrons. The third-order valence-electron chi connectivity index (χ3n) is 0.522. The zero-order valence-electron chi connectivity index (χ0n) is 8.77. The molecule has 0 unspecified atom stereocenters. The average Bonchev–Trinajstić information content (AvgIpc) is 1.98. The molecule has 0 bridgehead atoms. The molecule has 0 aromatic carbocycles. The average molecular weight is 134 g/mol. The molecule has 0 atom stereocenters. The predicted octanol–water partition coefficient (Wildman–Crippen LogP) is 1.44. The molecule has 0 saturated carbocycles. The van der Waals surface area contributed by atoms with Crippen LogP contribution in [0.1, 0.15) is 12.5 Å². The molecule has 1 rings (SSSR count). The van der Waals surface area contributed by atoms with Gasteiger partial charge in [-0.1, -0.05) is 11.6 Å². The smallest absolute Gasteiger partial charge is 0.151 e. The van der Waals surface area contributed by atoms with Gasteiger partial charge in [0.2, 0.25) is 0 Å². The molecule has 0 saturated heterocycles. The van der Waals surface area contributed by atoms with E-state index in [1.807, 2.05) is 0 Å². The molecule has 8 heavy (non-hydrogen) atoms. The first-order valence-electron chi connectivity index (χ1n) is 4.34. The number of halogens is 1. The molecule has 0 aliphatic heterocycles. The normalized spacial score (nSPS) is 19.9. The van der Waals surface area contributed by atoms with Crippen molar-refractivity contribution in [3.8, 4) is 0 Å². The Morgan fingerprint density at radius 2 is 2.62 bits per heavy atom. The highest BCUT2D eigenvalue weighted by molar-refractivity contribution is 6.29. The molecule has 1 heterocycles. The molecule has 3 heteroatoms. The zero-order valence-corrected chi connectivity index (χ0v) is 4.53. The lowest BCUT2D eigenvalue weighted by molar-refractivity contribution is 0.981. The molecule has 0 aliphatic carbocycles. The Hall–Kier alpha value is -0.630. The molecule has 0 spiro atoms. The maximum Gasteiger partial charge on any atom is 0.151 e. The second kappa shape index (κ2) is 2.09. The Morgan fingerprint density at radius 3 is 3.38 bits per heavy atom. The van der Waals surface area contributed by atoms with Gasteiger partial charge in [-0.25, -0.2) is 0 Å². The largest absolute Gasteiger partial charge is 0.154 e. The van der Waals surface area contributed by atoms with Crippen molar-refractivity contribution in [3.05, 3.63) is 22.9 Å². The third-order valence-corrected chi connectivity index (χ3v) is 0.692. The molecule has 1 aromatic rings. The summed E-state index contributed by atoms with van der Waals surface area (Å²) in [6.07, 6.45) is 0. The fourth-order valence-electron chi connectivity index (χ4n) is 0.255. The first kappa shape index (κ1) is 1.95. The molecule has 0 aliphatic rings. The minimum absolute atomic E-state index is 0.266. The van der Waals surface area contributed by atoms with Crippen LogP contribution in [-0.2, 0) is 0 Å². The van der Waals surface area contributed by atoms with Crippen LogP contribution in [0.4, 0.5) is 0 Å². The number of rotatable bonds is 0. The molecule has 2 nitrogen and oxygen atoms in total. The van der Waals surface area contributed by atoms with E-state index < -0.39 is 24.6 Å². The van der Waals surface area contributed by atoms with E-state index in [9.17, 15) is 0 Å². The Balaban J connectivity index is 3.35. The van der Waals surface area contributed by atoms with Crippen molar-refractivity contribution < 1.29 is 6.85 Å². The van der Waals surface area contributed by atoms with E-state index in [1.165, 1.54) is 0 Å². The molecule has 0 fully saturated rings. The van der Waals surface area contributed by atoms with Gasteiger partial charge in [0, 0.05) is 4.11 Å². The summed E-state index contributed by atoms with van der Waals surface area (Å²) in [5, 5.41) is 6.25. The number of hydrogen-bond donors (Lipinski definition) is 0. The number of aryl methyl sites for hydroxylation is 1. The van der Waals surface area contributed by atoms with Crippen LogP contribution in [0.15, 0.2) is 12.1 Å². The maximum absolute atomic E-state index is 7.26. The first-order chi connectivity index (χ1) is 5.84. The van der Waals surface area contributed by atoms with Gasteiger partial charge in [0.05, 0.1) is 8.44 Å². The van der Waals surface area contributed by atoms with Gasteiger partial charge in [-0.15, -0.1) is 5.10 Å². The number of nitrogens with zero attached hydrogens (tertiary/aromatic N) is 2. The fourth-order valence-corrected chi connectivity index (χ4v) is 0.340. The number of hydrogen-bond acceptors (Lipinski definition) is 2. The van der Waals surface area contributed by atoms with Crippen LogP contribution in [0.3, 0.4) is 0 Å². The Kier molecular flexibility index (Phi) is 0.511. The van der Waals surface area contributed by atoms with Gasteiger partial charge in [-0.05, 0) is 18.9 Å². The van der Waals surface area contributed by atoms with Crippen LogP contribution in [0, 0.1) is 6.85 Å². The van der Waals surface area contributed by atoms with Gasteiger partial charge in [0.1, 0.15) is 0 Å². The van der Waals surface area contributed by atoms with Crippen molar-refractivity contribution in [3.63, 3.8) is 0 Å². The van der Waals surface area contributed by atoms with Crippen LogP contribution in [0.2, 0.25) is 5.15 Å². The van der Waals surface area contributed by atoms with E-state index in [4.69, 9.17) is 18.5 Å². The topological polar surface area (TPSA) is 25.8 Å². The molecule has 0 N–H and O–H groups in total. The second-order valence-electron chi connectivity index (χ2n) is 1.09. The Bertz CT molecular complexity index is 336. The molecular weight excluding hydrogens is 124 g/mol. The van der Waals surface area contributed by atoms with Crippen molar-refractivity contribution in [1.82, 2.24) is 10.2 Å². The summed E-state index contributed by atoms with van der Waals surface area (Å²) >= 11 is 5.37. The van der Waals surface area contributed by atoms with Gasteiger partial charge in [-0.3, -0.25) is 0 Å². The summed E-state index contributed by atoms with van der Waals surface area (Å²) in [6.45, 7) is -2.52. The minimum atomic E-state index is -2.52. The van der Waals surface area contributed by atoms with E-state index in [2.05, 4.69) is 10.2 Å². The second-order valence-corrected chi connectivity index (χ2v) is 1.45. The van der Waals surface area contributed by atoms with Gasteiger partial charge >= 0.3 is 0 Å². The van der Waals surface area contributed by atoms with E-state index in [0.29, 0.717) is 0 Å². The van der Waals surface area contributed by atoms with Crippen molar-refractivity contribution in [2.45, 2.75) is 6.85 Å². The third kappa shape index (κ3) is 1.17. The SMILES string of the molecule is [2H]c1c(Cl)nnc(C([2H])([2H])[2H])c1[2H]. The lowest BCUT2D eigenvalue weighted by atomic mass is 10.4. The summed E-state index contributed by atoms with van der Waals surface area (Å²) in [7, 11) is 0. The Morgan fingerprint density at radius 1 is 1.75 bits per heavy atom. The van der Waals surface area contributed by atoms with Crippen LogP contribution in [0.25, 0.3) is 0 Å². The highest BCUT2D eigenvalue weighted by Crippen LogP contribution is 1.99. The van der Waals surface area contributed by atoms with Crippen LogP contribution in [0.5, 0.6) is 0 Å². The lowest BCUT2D eigenvalue weighted by Crippen LogP contribution is -1.83. The monoisotopic (exact) mass is 133 g/mol. The highest BCUT2D eigenvalue weighted by Gasteiger charge is 1.85. The van der Waals surface area contributed by atoms with Crippen molar-refractivity contribution in [2.75, 3.05) is 0 Å². The van der Waals surface area contributed by atoms with E-state index in [0.717, 1.165) is 0 Å². The van der Waals surface area contributed by atoms with Crippen molar-refractivity contribution in [2.24, 2.45) is 0 Å². The Labute approximate surface area is 59.5 Å². The molecule has 1 aromatic heterocycles. The summed E-state index contributed by atoms with van der Waals surface area (Å²) in [6, 6.07) is -0.914. The van der Waals surface area contributed by atoms with E-state index >= 15 is 0 Å². The minimum Gasteiger partial charge on any atom is -0.154 e. The number of aromatic nitrogens is 2. The standard InChI is InChI=1S/C5H5ClN2/c1-4-2-3-5(6)8-7-4/h2-3H,1H3/i1D3,2D,3D. The zero-order chi connectivity index (χ0) is 10.2. The van der Waals surface area contributed by atoms with E-state index in [1.54, 1.807) is 0 Å². The predicted molar refractivity (Wildman–Crippen MR) is 31.8 cm³/mol. The molecular formula is C5H5ClN2. The summed E-state index contributed by atoms with van der Waals surface area (Å²) in [5.74, 6) is 0. The maximum atomic E-state index is 7.26. The van der Waals surface area contributed by atoms with Gasteiger partial charge in [-0.2, -0.15) is 5.10 Å². The van der Waals surface area contributed by atoms with Crippen molar-refractivity contribution in [1.29, 1.82) is 0 Å². The molecule has 0 amide bonds. The summed E-state index contributed by atoms with van der Waals surface area (Å²) in [5.41, 5.74) is -0.498. The van der Waals surface area contributed by atoms with Gasteiger partial charge < -0.3 is 0 Å². The molecule has 42 valence electrons. The van der Waals surface area contributed by atoms with Crippen LogP contribution < -0.4 is 0 Å². The highest BCUT2D eigenvalue weighted by atomic mass is 35.5. The van der Waals surface area contributed by atoms with E-state index in [-0.39, 0.29) is 5.15 Å². The van der Waals surface area contributed by atoms with Crippen LogP contribution >= 0.6 is 11.6 Å². The van der Waals surface area contributed by atoms with Crippen molar-refractivity contribution >= 4 is 11.6 Å². The fraction of sp³-hybridized carbons (Fsp3) is 0.200. The van der Waals surface area contributed by atoms with Crippen LogP contribution in [-0.4, -0.2) is 10.2 Å². The quantitative estimate of drug-likeness (QED) is 0.535. The van der Waals surface area contributed by atoms with Gasteiger partial charge in [0.25, 0.3) is 0 Å². The first-order valence-corrected chi connectivity index (χ1v) is 2.21. The summed E-state index contributed by atoms with van der Waals surface area (Å²) in [4.78, 5) is 0. The summed E-state index contributed by atoms with van der Waals surface area (Å²) < 4.78 is 35.3.